The second-order valence-corrected chi connectivity index (χ2v) is 5.78. The highest BCUT2D eigenvalue weighted by atomic mass is 32.1. The predicted molar refractivity (Wildman–Crippen MR) is 88.6 cm³/mol. The fraction of sp³-hybridized carbons (Fsp3) is 0.250. The summed E-state index contributed by atoms with van der Waals surface area (Å²) in [5.74, 6) is -0.349. The number of fused-ring (bicyclic) bond motifs is 1. The van der Waals surface area contributed by atoms with Crippen LogP contribution in [0.4, 0.5) is 0 Å². The van der Waals surface area contributed by atoms with Crippen LogP contribution in [0, 0.1) is 6.92 Å². The van der Waals surface area contributed by atoms with Gasteiger partial charge in [-0.2, -0.15) is 0 Å². The highest BCUT2D eigenvalue weighted by molar-refractivity contribution is 7.15. The molecule has 3 heterocycles. The Kier molecular flexibility index (Phi) is 4.57. The second-order valence-electron chi connectivity index (χ2n) is 4.95. The maximum Gasteiger partial charge on any atom is 0.344 e. The molecule has 0 fully saturated rings. The molecule has 124 valence electrons. The van der Waals surface area contributed by atoms with Crippen molar-refractivity contribution < 1.29 is 14.3 Å². The van der Waals surface area contributed by atoms with Gasteiger partial charge in [0.1, 0.15) is 12.2 Å². The summed E-state index contributed by atoms with van der Waals surface area (Å²) in [5, 5.41) is 1.85. The summed E-state index contributed by atoms with van der Waals surface area (Å²) in [7, 11) is 0. The fourth-order valence-corrected chi connectivity index (χ4v) is 3.08. The van der Waals surface area contributed by atoms with Gasteiger partial charge >= 0.3 is 5.97 Å². The van der Waals surface area contributed by atoms with Crippen molar-refractivity contribution >= 4 is 22.3 Å². The molecule has 0 aliphatic carbocycles. The van der Waals surface area contributed by atoms with E-state index in [9.17, 15) is 9.59 Å². The van der Waals surface area contributed by atoms with E-state index in [0.29, 0.717) is 17.3 Å². The summed E-state index contributed by atoms with van der Waals surface area (Å²) in [6.45, 7) is 3.94. The van der Waals surface area contributed by atoms with Gasteiger partial charge in [0.05, 0.1) is 12.3 Å². The van der Waals surface area contributed by atoms with E-state index in [4.69, 9.17) is 9.47 Å². The number of carbonyl (C=O) groups is 1. The molecule has 0 unspecified atom stereocenters. The Morgan fingerprint density at radius 1 is 1.42 bits per heavy atom. The first kappa shape index (κ1) is 16.1. The molecule has 0 atom stereocenters. The molecule has 0 amide bonds. The summed E-state index contributed by atoms with van der Waals surface area (Å²) in [6, 6.07) is 4.57. The normalized spacial score (nSPS) is 10.8. The third kappa shape index (κ3) is 3.13. The number of carbonyl (C=O) groups excluding carboxylic acids is 1. The van der Waals surface area contributed by atoms with Crippen LogP contribution in [0.3, 0.4) is 0 Å². The number of ether oxygens (including phenoxy) is 2. The number of rotatable bonds is 5. The van der Waals surface area contributed by atoms with Crippen LogP contribution in [0.25, 0.3) is 4.96 Å². The van der Waals surface area contributed by atoms with Crippen molar-refractivity contribution in [1.82, 2.24) is 14.4 Å². The molecule has 0 spiro atoms. The van der Waals surface area contributed by atoms with E-state index >= 15 is 0 Å². The van der Waals surface area contributed by atoms with E-state index < -0.39 is 5.97 Å². The Labute approximate surface area is 141 Å². The molecule has 3 aromatic rings. The molecule has 7 nitrogen and oxygen atoms in total. The molecule has 0 aliphatic rings. The number of nitrogens with zero attached hydrogens (tertiary/aromatic N) is 3. The first-order valence-corrected chi connectivity index (χ1v) is 8.20. The van der Waals surface area contributed by atoms with E-state index in [0.717, 1.165) is 5.69 Å². The highest BCUT2D eigenvalue weighted by Gasteiger charge is 2.16. The van der Waals surface area contributed by atoms with E-state index in [1.165, 1.54) is 28.0 Å². The molecule has 0 aliphatic heterocycles. The molecular formula is C16H15N3O4S. The van der Waals surface area contributed by atoms with Crippen molar-refractivity contribution in [2.24, 2.45) is 0 Å². The first-order valence-electron chi connectivity index (χ1n) is 7.32. The molecule has 0 saturated heterocycles. The van der Waals surface area contributed by atoms with Crippen molar-refractivity contribution in [1.29, 1.82) is 0 Å². The SMILES string of the molecule is CCOc1ncccc1C(=O)OCc1cc(=O)n2c(C)csc2n1. The molecule has 0 saturated carbocycles. The second kappa shape index (κ2) is 6.79. The Balaban J connectivity index is 1.79. The van der Waals surface area contributed by atoms with E-state index in [1.807, 2.05) is 12.3 Å². The number of hydrogen-bond donors (Lipinski definition) is 0. The zero-order chi connectivity index (χ0) is 17.1. The molecule has 0 aromatic carbocycles. The average molecular weight is 345 g/mol. The van der Waals surface area contributed by atoms with Gasteiger partial charge in [0.25, 0.3) is 5.56 Å². The summed E-state index contributed by atoms with van der Waals surface area (Å²) in [6.07, 6.45) is 1.54. The third-order valence-electron chi connectivity index (χ3n) is 3.25. The number of hydrogen-bond acceptors (Lipinski definition) is 7. The zero-order valence-electron chi connectivity index (χ0n) is 13.2. The number of aryl methyl sites for hydroxylation is 1. The summed E-state index contributed by atoms with van der Waals surface area (Å²) < 4.78 is 12.1. The summed E-state index contributed by atoms with van der Waals surface area (Å²) >= 11 is 1.36. The van der Waals surface area contributed by atoms with Gasteiger partial charge in [0.15, 0.2) is 4.96 Å². The molecular weight excluding hydrogens is 330 g/mol. The Bertz CT molecular complexity index is 948. The maximum atomic E-state index is 12.2. The standard InChI is InChI=1S/C16H15N3O4S/c1-3-22-14-12(5-4-6-17-14)15(21)23-8-11-7-13(20)19-10(2)9-24-16(19)18-11/h4-7,9H,3,8H2,1-2H3. The van der Waals surface area contributed by atoms with Crippen LogP contribution < -0.4 is 10.3 Å². The summed E-state index contributed by atoms with van der Waals surface area (Å²) in [4.78, 5) is 33.2. The summed E-state index contributed by atoms with van der Waals surface area (Å²) in [5.41, 5.74) is 1.27. The van der Waals surface area contributed by atoms with E-state index in [2.05, 4.69) is 9.97 Å². The van der Waals surface area contributed by atoms with Crippen LogP contribution in [0.15, 0.2) is 34.6 Å². The van der Waals surface area contributed by atoms with Gasteiger partial charge in [-0.3, -0.25) is 9.20 Å². The minimum atomic E-state index is -0.573. The highest BCUT2D eigenvalue weighted by Crippen LogP contribution is 2.16. The Morgan fingerprint density at radius 2 is 2.25 bits per heavy atom. The lowest BCUT2D eigenvalue weighted by atomic mass is 10.3. The zero-order valence-corrected chi connectivity index (χ0v) is 14.0. The molecule has 8 heteroatoms. The van der Waals surface area contributed by atoms with Gasteiger partial charge in [-0.15, -0.1) is 11.3 Å². The van der Waals surface area contributed by atoms with Crippen LogP contribution in [0.1, 0.15) is 28.7 Å². The van der Waals surface area contributed by atoms with Gasteiger partial charge in [-0.25, -0.2) is 14.8 Å². The van der Waals surface area contributed by atoms with Gasteiger partial charge in [0, 0.05) is 23.3 Å². The van der Waals surface area contributed by atoms with Gasteiger partial charge in [0.2, 0.25) is 5.88 Å². The number of pyridine rings is 1. The molecule has 0 radical (unpaired) electrons. The van der Waals surface area contributed by atoms with Crippen molar-refractivity contribution in [3.05, 3.63) is 57.1 Å². The molecule has 24 heavy (non-hydrogen) atoms. The first-order chi connectivity index (χ1) is 11.6. The van der Waals surface area contributed by atoms with Crippen LogP contribution in [-0.2, 0) is 11.3 Å². The van der Waals surface area contributed by atoms with Crippen molar-refractivity contribution in [3.8, 4) is 5.88 Å². The minimum Gasteiger partial charge on any atom is -0.477 e. The lowest BCUT2D eigenvalue weighted by Gasteiger charge is -2.08. The lowest BCUT2D eigenvalue weighted by Crippen LogP contribution is -2.16. The monoisotopic (exact) mass is 345 g/mol. The average Bonchev–Trinajstić information content (AvgIpc) is 2.95. The van der Waals surface area contributed by atoms with E-state index in [1.54, 1.807) is 19.1 Å². The Hall–Kier alpha value is -2.74. The predicted octanol–water partition coefficient (Wildman–Crippen LogP) is 2.22. The molecule has 0 bridgehead atoms. The van der Waals surface area contributed by atoms with Crippen molar-refractivity contribution in [2.75, 3.05) is 6.61 Å². The minimum absolute atomic E-state index is 0.0953. The van der Waals surface area contributed by atoms with Gasteiger partial charge in [-0.1, -0.05) is 0 Å². The number of esters is 1. The van der Waals surface area contributed by atoms with Crippen LogP contribution in [0.2, 0.25) is 0 Å². The van der Waals surface area contributed by atoms with Gasteiger partial charge in [-0.05, 0) is 26.0 Å². The van der Waals surface area contributed by atoms with Gasteiger partial charge < -0.3 is 9.47 Å². The van der Waals surface area contributed by atoms with Crippen LogP contribution in [-0.4, -0.2) is 26.9 Å². The topological polar surface area (TPSA) is 82.8 Å². The lowest BCUT2D eigenvalue weighted by molar-refractivity contribution is 0.0462. The van der Waals surface area contributed by atoms with Crippen molar-refractivity contribution in [3.63, 3.8) is 0 Å². The van der Waals surface area contributed by atoms with Crippen LogP contribution >= 0.6 is 11.3 Å². The van der Waals surface area contributed by atoms with E-state index in [-0.39, 0.29) is 23.6 Å². The quantitative estimate of drug-likeness (QED) is 0.659. The molecule has 3 aromatic heterocycles. The largest absolute Gasteiger partial charge is 0.477 e. The molecule has 3 rings (SSSR count). The maximum absolute atomic E-state index is 12.2. The fourth-order valence-electron chi connectivity index (χ4n) is 2.19. The third-order valence-corrected chi connectivity index (χ3v) is 4.20. The smallest absolute Gasteiger partial charge is 0.344 e. The number of thiazole rings is 1. The number of aromatic nitrogens is 3. The Morgan fingerprint density at radius 3 is 3.04 bits per heavy atom. The van der Waals surface area contributed by atoms with Crippen LogP contribution in [0.5, 0.6) is 5.88 Å². The van der Waals surface area contributed by atoms with Crippen molar-refractivity contribution in [2.45, 2.75) is 20.5 Å². The molecule has 0 N–H and O–H groups in total.